The Bertz CT molecular complexity index is 509. The average molecular weight is 291 g/mol. The van der Waals surface area contributed by atoms with Gasteiger partial charge in [0.05, 0.1) is 12.6 Å². The van der Waals surface area contributed by atoms with Gasteiger partial charge in [-0.15, -0.1) is 5.54 Å². The van der Waals surface area contributed by atoms with Gasteiger partial charge >= 0.3 is 6.09 Å². The van der Waals surface area contributed by atoms with Crippen LogP contribution in [-0.4, -0.2) is 33.0 Å². The van der Waals surface area contributed by atoms with Crippen molar-refractivity contribution in [2.75, 3.05) is 13.7 Å². The lowest BCUT2D eigenvalue weighted by Crippen LogP contribution is -2.29. The summed E-state index contributed by atoms with van der Waals surface area (Å²) in [6.45, 7) is 6.88. The molecule has 0 bridgehead atoms. The Hall–Kier alpha value is -1.77. The zero-order valence-electron chi connectivity index (χ0n) is 12.4. The first-order chi connectivity index (χ1) is 9.31. The largest absolute Gasteiger partial charge is 0.465 e. The first-order valence-corrected chi connectivity index (χ1v) is 9.93. The summed E-state index contributed by atoms with van der Waals surface area (Å²) in [5.74, 6) is 3.17. The van der Waals surface area contributed by atoms with Gasteiger partial charge in [0.1, 0.15) is 8.07 Å². The highest BCUT2D eigenvalue weighted by molar-refractivity contribution is 6.83. The van der Waals surface area contributed by atoms with Crippen LogP contribution in [0.3, 0.4) is 0 Å². The molecule has 1 aromatic carbocycles. The number of carbonyl (C=O) groups is 1. The third kappa shape index (κ3) is 5.91. The molecule has 0 aromatic heterocycles. The summed E-state index contributed by atoms with van der Waals surface area (Å²) in [6.07, 6.45) is -1.06. The molecule has 2 N–H and O–H groups in total. The molecule has 0 unspecified atom stereocenters. The van der Waals surface area contributed by atoms with E-state index in [0.29, 0.717) is 6.61 Å². The summed E-state index contributed by atoms with van der Waals surface area (Å²) >= 11 is 0. The molecule has 0 heterocycles. The second kappa shape index (κ2) is 7.13. The number of ether oxygens (including phenoxy) is 1. The molecule has 108 valence electrons. The first-order valence-electron chi connectivity index (χ1n) is 6.43. The highest BCUT2D eigenvalue weighted by Crippen LogP contribution is 2.14. The van der Waals surface area contributed by atoms with Crippen LogP contribution in [0.5, 0.6) is 0 Å². The Labute approximate surface area is 121 Å². The van der Waals surface area contributed by atoms with Crippen LogP contribution in [-0.2, 0) is 4.74 Å². The summed E-state index contributed by atoms with van der Waals surface area (Å²) in [6, 6.07) is 7.22. The Morgan fingerprint density at radius 1 is 1.35 bits per heavy atom. The van der Waals surface area contributed by atoms with Gasteiger partial charge in [0.25, 0.3) is 0 Å². The minimum atomic E-state index is -1.38. The molecule has 1 amide bonds. The third-order valence-electron chi connectivity index (χ3n) is 2.53. The molecule has 0 aliphatic rings. The van der Waals surface area contributed by atoms with E-state index >= 15 is 0 Å². The fourth-order valence-electron chi connectivity index (χ4n) is 1.60. The molecule has 4 nitrogen and oxygen atoms in total. The van der Waals surface area contributed by atoms with E-state index in [-0.39, 0.29) is 6.04 Å². The van der Waals surface area contributed by atoms with Crippen LogP contribution < -0.4 is 5.32 Å². The maximum Gasteiger partial charge on any atom is 0.405 e. The molecule has 5 heteroatoms. The van der Waals surface area contributed by atoms with Gasteiger partial charge in [-0.1, -0.05) is 37.7 Å². The van der Waals surface area contributed by atoms with E-state index in [1.54, 1.807) is 7.11 Å². The lowest BCUT2D eigenvalue weighted by atomic mass is 10.1. The molecular formula is C15H21NO3Si. The number of nitrogens with one attached hydrogen (secondary N) is 1. The van der Waals surface area contributed by atoms with Crippen LogP contribution in [0.25, 0.3) is 0 Å². The highest BCUT2D eigenvalue weighted by atomic mass is 28.3. The number of amides is 1. The van der Waals surface area contributed by atoms with E-state index in [4.69, 9.17) is 9.84 Å². The van der Waals surface area contributed by atoms with E-state index in [0.717, 1.165) is 11.1 Å². The van der Waals surface area contributed by atoms with Crippen molar-refractivity contribution in [1.82, 2.24) is 5.32 Å². The Kier molecular flexibility index (Phi) is 5.80. The number of methoxy groups -OCH3 is 1. The standard InChI is InChI=1S/C15H21NO3Si/c1-19-11-14(16-15(17)18)13-7-5-12(6-8-13)9-10-20(2,3)4/h5-8,14,16H,11H2,1-4H3,(H,17,18)/t14-/m0/s1. The first kappa shape index (κ1) is 16.3. The molecule has 20 heavy (non-hydrogen) atoms. The number of benzene rings is 1. The summed E-state index contributed by atoms with van der Waals surface area (Å²) in [4.78, 5) is 10.8. The molecule has 0 fully saturated rings. The van der Waals surface area contributed by atoms with Gasteiger partial charge in [-0.3, -0.25) is 0 Å². The number of hydrogen-bond donors (Lipinski definition) is 2. The topological polar surface area (TPSA) is 58.6 Å². The Morgan fingerprint density at radius 2 is 1.95 bits per heavy atom. The quantitative estimate of drug-likeness (QED) is 0.662. The lowest BCUT2D eigenvalue weighted by molar-refractivity contribution is 0.152. The second-order valence-electron chi connectivity index (χ2n) is 5.58. The van der Waals surface area contributed by atoms with E-state index < -0.39 is 14.2 Å². The van der Waals surface area contributed by atoms with E-state index in [2.05, 4.69) is 36.4 Å². The zero-order valence-corrected chi connectivity index (χ0v) is 13.4. The van der Waals surface area contributed by atoms with Crippen molar-refractivity contribution >= 4 is 14.2 Å². The molecule has 1 rings (SSSR count). The van der Waals surface area contributed by atoms with Gasteiger partial charge in [-0.05, 0) is 17.7 Å². The smallest absolute Gasteiger partial charge is 0.405 e. The van der Waals surface area contributed by atoms with Crippen molar-refractivity contribution in [1.29, 1.82) is 0 Å². The van der Waals surface area contributed by atoms with Crippen LogP contribution in [0.2, 0.25) is 19.6 Å². The summed E-state index contributed by atoms with van der Waals surface area (Å²) in [5.41, 5.74) is 5.11. The Morgan fingerprint density at radius 3 is 2.40 bits per heavy atom. The maximum absolute atomic E-state index is 10.8. The molecule has 0 aliphatic heterocycles. The third-order valence-corrected chi connectivity index (χ3v) is 3.40. The number of hydrogen-bond acceptors (Lipinski definition) is 2. The highest BCUT2D eigenvalue weighted by Gasteiger charge is 2.13. The molecule has 0 spiro atoms. The fourth-order valence-corrected chi connectivity index (χ4v) is 2.11. The summed E-state index contributed by atoms with van der Waals surface area (Å²) < 4.78 is 5.03. The molecule has 0 saturated carbocycles. The van der Waals surface area contributed by atoms with Crippen molar-refractivity contribution < 1.29 is 14.6 Å². The minimum absolute atomic E-state index is 0.298. The molecule has 0 aliphatic carbocycles. The Balaban J connectivity index is 2.87. The second-order valence-corrected chi connectivity index (χ2v) is 10.3. The van der Waals surface area contributed by atoms with Crippen molar-refractivity contribution in [2.45, 2.75) is 25.7 Å². The van der Waals surface area contributed by atoms with Gasteiger partial charge in [-0.2, -0.15) is 0 Å². The van der Waals surface area contributed by atoms with E-state index in [1.807, 2.05) is 24.3 Å². The maximum atomic E-state index is 10.8. The minimum Gasteiger partial charge on any atom is -0.465 e. The van der Waals surface area contributed by atoms with Gasteiger partial charge in [-0.25, -0.2) is 4.79 Å². The van der Waals surface area contributed by atoms with Crippen LogP contribution in [0.1, 0.15) is 17.2 Å². The zero-order chi connectivity index (χ0) is 15.2. The molecule has 0 radical (unpaired) electrons. The van der Waals surface area contributed by atoms with Crippen molar-refractivity contribution in [3.05, 3.63) is 35.4 Å². The fraction of sp³-hybridized carbons (Fsp3) is 0.400. The predicted octanol–water partition coefficient (Wildman–Crippen LogP) is 2.87. The molecule has 0 saturated heterocycles. The number of carboxylic acid groups (broad SMARTS) is 1. The van der Waals surface area contributed by atoms with Gasteiger partial charge in [0.15, 0.2) is 0 Å². The lowest BCUT2D eigenvalue weighted by Gasteiger charge is -2.16. The summed E-state index contributed by atoms with van der Waals surface area (Å²) in [5, 5.41) is 11.3. The molecular weight excluding hydrogens is 270 g/mol. The predicted molar refractivity (Wildman–Crippen MR) is 82.4 cm³/mol. The van der Waals surface area contributed by atoms with Crippen molar-refractivity contribution in [2.24, 2.45) is 0 Å². The molecule has 1 atom stereocenters. The van der Waals surface area contributed by atoms with E-state index in [1.165, 1.54) is 0 Å². The van der Waals surface area contributed by atoms with Crippen LogP contribution in [0, 0.1) is 11.5 Å². The van der Waals surface area contributed by atoms with Gasteiger partial charge in [0, 0.05) is 12.7 Å². The monoisotopic (exact) mass is 291 g/mol. The van der Waals surface area contributed by atoms with Crippen LogP contribution in [0.4, 0.5) is 4.79 Å². The average Bonchev–Trinajstić information content (AvgIpc) is 2.35. The van der Waals surface area contributed by atoms with Gasteiger partial charge in [0.2, 0.25) is 0 Å². The van der Waals surface area contributed by atoms with Crippen LogP contribution in [0.15, 0.2) is 24.3 Å². The van der Waals surface area contributed by atoms with Crippen molar-refractivity contribution in [3.8, 4) is 11.5 Å². The SMILES string of the molecule is COC[C@H](NC(=O)O)c1ccc(C#C[Si](C)(C)C)cc1. The summed E-state index contributed by atoms with van der Waals surface area (Å²) in [7, 11) is 0.165. The van der Waals surface area contributed by atoms with Gasteiger partial charge < -0.3 is 15.2 Å². The molecule has 1 aromatic rings. The normalized spacial score (nSPS) is 12.2. The number of rotatable bonds is 4. The van der Waals surface area contributed by atoms with E-state index in [9.17, 15) is 4.79 Å². The van der Waals surface area contributed by atoms with Crippen molar-refractivity contribution in [3.63, 3.8) is 0 Å². The van der Waals surface area contributed by atoms with Crippen LogP contribution >= 0.6 is 0 Å².